The number of hydrogen-bond acceptors (Lipinski definition) is 2. The van der Waals surface area contributed by atoms with E-state index in [0.29, 0.717) is 6.04 Å². The first-order valence-electron chi connectivity index (χ1n) is 7.71. The van der Waals surface area contributed by atoms with E-state index in [-0.39, 0.29) is 5.54 Å². The maximum atomic E-state index is 3.77. The molecule has 0 bridgehead atoms. The summed E-state index contributed by atoms with van der Waals surface area (Å²) in [5.41, 5.74) is 0.223. The van der Waals surface area contributed by atoms with E-state index in [1.165, 1.54) is 19.3 Å². The molecule has 0 amide bonds. The van der Waals surface area contributed by atoms with E-state index in [4.69, 9.17) is 0 Å². The van der Waals surface area contributed by atoms with E-state index < -0.39 is 0 Å². The Morgan fingerprint density at radius 1 is 1.17 bits per heavy atom. The third kappa shape index (κ3) is 3.48. The smallest absolute Gasteiger partial charge is 0.0302 e. The summed E-state index contributed by atoms with van der Waals surface area (Å²) >= 11 is 0. The van der Waals surface area contributed by atoms with Crippen molar-refractivity contribution in [3.63, 3.8) is 0 Å². The number of likely N-dealkylation sites (N-methyl/N-ethyl adjacent to an activating group) is 2. The van der Waals surface area contributed by atoms with Gasteiger partial charge >= 0.3 is 0 Å². The number of nitrogens with zero attached hydrogens (tertiary/aromatic N) is 1. The zero-order chi connectivity index (χ0) is 13.9. The molecule has 1 N–H and O–H groups in total. The van der Waals surface area contributed by atoms with Crippen LogP contribution < -0.4 is 5.32 Å². The minimum Gasteiger partial charge on any atom is -0.312 e. The molecule has 0 aliphatic heterocycles. The first-order valence-corrected chi connectivity index (χ1v) is 7.71. The lowest BCUT2D eigenvalue weighted by Gasteiger charge is -2.47. The van der Waals surface area contributed by atoms with Crippen LogP contribution in [0.25, 0.3) is 0 Å². The van der Waals surface area contributed by atoms with Crippen LogP contribution in [-0.4, -0.2) is 37.1 Å². The highest BCUT2D eigenvalue weighted by Gasteiger charge is 2.39. The van der Waals surface area contributed by atoms with E-state index in [0.717, 1.165) is 24.3 Å². The fourth-order valence-electron chi connectivity index (χ4n) is 3.38. The van der Waals surface area contributed by atoms with Crippen molar-refractivity contribution in [2.75, 3.05) is 20.6 Å². The Hall–Kier alpha value is -0.0800. The van der Waals surface area contributed by atoms with Crippen LogP contribution in [0, 0.1) is 17.8 Å². The number of nitrogens with one attached hydrogen (secondary N) is 1. The van der Waals surface area contributed by atoms with E-state index in [1.54, 1.807) is 0 Å². The van der Waals surface area contributed by atoms with Gasteiger partial charge in [-0.15, -0.1) is 0 Å². The Balaban J connectivity index is 2.79. The van der Waals surface area contributed by atoms with Gasteiger partial charge in [0, 0.05) is 11.6 Å². The monoisotopic (exact) mass is 254 g/mol. The third-order valence-electron chi connectivity index (χ3n) is 5.45. The number of rotatable bonds is 5. The molecule has 0 saturated heterocycles. The quantitative estimate of drug-likeness (QED) is 0.809. The minimum absolute atomic E-state index is 0.223. The van der Waals surface area contributed by atoms with Crippen LogP contribution in [0.1, 0.15) is 53.9 Å². The van der Waals surface area contributed by atoms with Gasteiger partial charge in [0.1, 0.15) is 0 Å². The van der Waals surface area contributed by atoms with E-state index in [2.05, 4.69) is 58.9 Å². The van der Waals surface area contributed by atoms with Crippen molar-refractivity contribution in [1.29, 1.82) is 0 Å². The molecule has 2 nitrogen and oxygen atoms in total. The van der Waals surface area contributed by atoms with Crippen LogP contribution in [0.15, 0.2) is 0 Å². The molecule has 1 saturated carbocycles. The Labute approximate surface area is 115 Å². The lowest BCUT2D eigenvalue weighted by molar-refractivity contribution is 0.0672. The highest BCUT2D eigenvalue weighted by atomic mass is 15.2. The Morgan fingerprint density at radius 2 is 1.78 bits per heavy atom. The highest BCUT2D eigenvalue weighted by molar-refractivity contribution is 4.97. The van der Waals surface area contributed by atoms with Crippen molar-refractivity contribution in [2.24, 2.45) is 17.8 Å². The summed E-state index contributed by atoms with van der Waals surface area (Å²) in [6.07, 6.45) is 4.17. The minimum atomic E-state index is 0.223. The van der Waals surface area contributed by atoms with Crippen molar-refractivity contribution in [1.82, 2.24) is 10.2 Å². The first kappa shape index (κ1) is 16.0. The molecule has 4 atom stereocenters. The lowest BCUT2D eigenvalue weighted by atomic mass is 9.69. The normalized spacial score (nSPS) is 31.7. The summed E-state index contributed by atoms with van der Waals surface area (Å²) in [6, 6.07) is 0.604. The maximum absolute atomic E-state index is 3.77. The predicted molar refractivity (Wildman–Crippen MR) is 80.9 cm³/mol. The summed E-state index contributed by atoms with van der Waals surface area (Å²) in [5, 5.41) is 3.77. The van der Waals surface area contributed by atoms with Crippen molar-refractivity contribution in [2.45, 2.75) is 65.5 Å². The van der Waals surface area contributed by atoms with Gasteiger partial charge in [0.25, 0.3) is 0 Å². The van der Waals surface area contributed by atoms with Crippen molar-refractivity contribution in [3.05, 3.63) is 0 Å². The Morgan fingerprint density at radius 3 is 2.22 bits per heavy atom. The Bertz CT molecular complexity index is 247. The predicted octanol–water partition coefficient (Wildman–Crippen LogP) is 3.38. The van der Waals surface area contributed by atoms with Crippen LogP contribution in [0.3, 0.4) is 0 Å². The molecule has 0 heterocycles. The van der Waals surface area contributed by atoms with Crippen molar-refractivity contribution >= 4 is 0 Å². The fraction of sp³-hybridized carbons (Fsp3) is 1.00. The molecule has 1 aliphatic carbocycles. The molecule has 0 aromatic rings. The molecule has 4 unspecified atom stereocenters. The summed E-state index contributed by atoms with van der Waals surface area (Å²) < 4.78 is 0. The molecule has 18 heavy (non-hydrogen) atoms. The second-order valence-corrected chi connectivity index (χ2v) is 7.11. The molecule has 0 radical (unpaired) electrons. The van der Waals surface area contributed by atoms with Crippen LogP contribution in [-0.2, 0) is 0 Å². The summed E-state index contributed by atoms with van der Waals surface area (Å²) in [5.74, 6) is 2.61. The van der Waals surface area contributed by atoms with Crippen molar-refractivity contribution in [3.8, 4) is 0 Å². The average molecular weight is 254 g/mol. The van der Waals surface area contributed by atoms with Crippen LogP contribution in [0.4, 0.5) is 0 Å². The molecule has 0 spiro atoms. The first-order chi connectivity index (χ1) is 8.30. The van der Waals surface area contributed by atoms with Crippen LogP contribution in [0.2, 0.25) is 0 Å². The molecule has 0 aromatic heterocycles. The topological polar surface area (TPSA) is 15.3 Å². The Kier molecular flexibility index (Phi) is 5.67. The second-order valence-electron chi connectivity index (χ2n) is 7.11. The maximum Gasteiger partial charge on any atom is 0.0302 e. The van der Waals surface area contributed by atoms with Gasteiger partial charge in [0.05, 0.1) is 0 Å². The molecule has 2 heteroatoms. The van der Waals surface area contributed by atoms with Gasteiger partial charge in [0.2, 0.25) is 0 Å². The largest absolute Gasteiger partial charge is 0.312 e. The van der Waals surface area contributed by atoms with Crippen LogP contribution in [0.5, 0.6) is 0 Å². The van der Waals surface area contributed by atoms with Gasteiger partial charge < -0.3 is 10.2 Å². The summed E-state index contributed by atoms with van der Waals surface area (Å²) in [7, 11) is 4.42. The molecule has 1 rings (SSSR count). The zero-order valence-electron chi connectivity index (χ0n) is 13.6. The van der Waals surface area contributed by atoms with E-state index >= 15 is 0 Å². The van der Waals surface area contributed by atoms with Gasteiger partial charge in [-0.3, -0.25) is 0 Å². The molecule has 1 fully saturated rings. The molecule has 1 aliphatic rings. The number of hydrogen-bond donors (Lipinski definition) is 1. The third-order valence-corrected chi connectivity index (χ3v) is 5.45. The molecular weight excluding hydrogens is 220 g/mol. The lowest BCUT2D eigenvalue weighted by Crippen LogP contribution is -2.59. The molecular formula is C16H34N2. The summed E-state index contributed by atoms with van der Waals surface area (Å²) in [4.78, 5) is 2.38. The SMILES string of the molecule is CCNC(C1CCC(C)C(C)C1)C(C)(C)N(C)C. The van der Waals surface area contributed by atoms with Gasteiger partial charge in [-0.25, -0.2) is 0 Å². The van der Waals surface area contributed by atoms with E-state index in [9.17, 15) is 0 Å². The average Bonchev–Trinajstić information content (AvgIpc) is 2.29. The van der Waals surface area contributed by atoms with Gasteiger partial charge in [-0.1, -0.05) is 27.2 Å². The van der Waals surface area contributed by atoms with Gasteiger partial charge in [-0.05, 0) is 65.1 Å². The second kappa shape index (κ2) is 6.38. The highest BCUT2D eigenvalue weighted by Crippen LogP contribution is 2.38. The molecule has 108 valence electrons. The van der Waals surface area contributed by atoms with E-state index in [1.807, 2.05) is 0 Å². The van der Waals surface area contributed by atoms with Gasteiger partial charge in [0.15, 0.2) is 0 Å². The fourth-order valence-corrected chi connectivity index (χ4v) is 3.38. The van der Waals surface area contributed by atoms with Gasteiger partial charge in [-0.2, -0.15) is 0 Å². The van der Waals surface area contributed by atoms with Crippen LogP contribution >= 0.6 is 0 Å². The summed E-state index contributed by atoms with van der Waals surface area (Å²) in [6.45, 7) is 12.9. The standard InChI is InChI=1S/C16H34N2/c1-8-17-15(16(4,5)18(6)7)14-10-9-12(2)13(3)11-14/h12-15,17H,8-11H2,1-7H3. The zero-order valence-corrected chi connectivity index (χ0v) is 13.6. The van der Waals surface area contributed by atoms with Crippen molar-refractivity contribution < 1.29 is 0 Å². The molecule has 0 aromatic carbocycles.